The van der Waals surface area contributed by atoms with Crippen molar-refractivity contribution in [3.8, 4) is 11.1 Å². The van der Waals surface area contributed by atoms with Gasteiger partial charge in [0.2, 0.25) is 0 Å². The summed E-state index contributed by atoms with van der Waals surface area (Å²) < 4.78 is 37.5. The Labute approximate surface area is 170 Å². The fourth-order valence-electron chi connectivity index (χ4n) is 4.49. The topological polar surface area (TPSA) is 0 Å². The smallest absolute Gasteiger partial charge is 0.160 e. The third kappa shape index (κ3) is 5.56. The van der Waals surface area contributed by atoms with Crippen LogP contribution in [0.5, 0.6) is 0 Å². The monoisotopic (exact) mass is 406 g/mol. The number of hydrogen-bond donors (Lipinski definition) is 0. The van der Waals surface area contributed by atoms with Crippen LogP contribution in [0.2, 0.25) is 0 Å². The molecule has 0 unspecified atom stereocenters. The van der Waals surface area contributed by atoms with E-state index in [-0.39, 0.29) is 16.7 Å². The van der Waals surface area contributed by atoms with Gasteiger partial charge in [0.15, 0.2) is 0 Å². The molecule has 1 fully saturated rings. The van der Waals surface area contributed by atoms with Gasteiger partial charge in [0.05, 0.1) is 0 Å². The van der Waals surface area contributed by atoms with Crippen LogP contribution in [0.4, 0.5) is 13.2 Å². The first-order valence-electron chi connectivity index (χ1n) is 10.4. The largest absolute Gasteiger partial charge is 0.446 e. The molecule has 0 spiro atoms. The van der Waals surface area contributed by atoms with E-state index in [1.807, 2.05) is 0 Å². The average molecular weight is 407 g/mol. The van der Waals surface area contributed by atoms with Crippen molar-refractivity contribution >= 4 is 11.8 Å². The molecular formula is C24H29F3S. The zero-order chi connectivity index (χ0) is 20.0. The van der Waals surface area contributed by atoms with Crippen molar-refractivity contribution in [1.29, 1.82) is 0 Å². The Hall–Kier alpha value is -1.42. The van der Waals surface area contributed by atoms with Crippen LogP contribution in [0.1, 0.15) is 70.3 Å². The summed E-state index contributed by atoms with van der Waals surface area (Å²) >= 11 is -0.0653. The molecule has 0 atom stereocenters. The van der Waals surface area contributed by atoms with E-state index in [1.54, 1.807) is 24.3 Å². The van der Waals surface area contributed by atoms with Crippen molar-refractivity contribution in [2.75, 3.05) is 0 Å². The molecule has 0 nitrogen and oxygen atoms in total. The van der Waals surface area contributed by atoms with Gasteiger partial charge in [0, 0.05) is 4.90 Å². The van der Waals surface area contributed by atoms with E-state index < -0.39 is 5.51 Å². The minimum Gasteiger partial charge on any atom is -0.160 e. The van der Waals surface area contributed by atoms with Gasteiger partial charge in [-0.05, 0) is 65.3 Å². The summed E-state index contributed by atoms with van der Waals surface area (Å²) in [5, 5.41) is 0. The summed E-state index contributed by atoms with van der Waals surface area (Å²) in [5.74, 6) is 0. The Morgan fingerprint density at radius 3 is 1.93 bits per heavy atom. The quantitative estimate of drug-likeness (QED) is 0.327. The molecule has 2 aromatic carbocycles. The van der Waals surface area contributed by atoms with Gasteiger partial charge in [0.1, 0.15) is 0 Å². The van der Waals surface area contributed by atoms with Crippen LogP contribution in [0.3, 0.4) is 0 Å². The first-order chi connectivity index (χ1) is 13.4. The standard InChI is InChI=1S/C24H29F3S/c1-2-3-5-16-23(17-6-4-7-18-23)21-12-8-19(9-13-21)20-10-14-22(15-11-20)28-24(25,26)27/h8-15H,2-7,16-18H2,1H3. The highest BCUT2D eigenvalue weighted by molar-refractivity contribution is 8.00. The lowest BCUT2D eigenvalue weighted by atomic mass is 9.66. The molecule has 0 saturated heterocycles. The van der Waals surface area contributed by atoms with Crippen molar-refractivity contribution in [3.63, 3.8) is 0 Å². The summed E-state index contributed by atoms with van der Waals surface area (Å²) in [6.07, 6.45) is 11.6. The second-order valence-electron chi connectivity index (χ2n) is 7.95. The van der Waals surface area contributed by atoms with Gasteiger partial charge in [0.25, 0.3) is 0 Å². The van der Waals surface area contributed by atoms with E-state index in [4.69, 9.17) is 0 Å². The molecule has 4 heteroatoms. The second-order valence-corrected chi connectivity index (χ2v) is 9.09. The average Bonchev–Trinajstić information content (AvgIpc) is 2.68. The molecule has 0 amide bonds. The summed E-state index contributed by atoms with van der Waals surface area (Å²) in [4.78, 5) is 0.227. The highest BCUT2D eigenvalue weighted by Gasteiger charge is 2.33. The normalized spacial score (nSPS) is 16.9. The SMILES string of the molecule is CCCCCC1(c2ccc(-c3ccc(SC(F)(F)F)cc3)cc2)CCCCC1. The first kappa shape index (κ1) is 21.3. The summed E-state index contributed by atoms with van der Waals surface area (Å²) in [6, 6.07) is 15.4. The minimum atomic E-state index is -4.24. The summed E-state index contributed by atoms with van der Waals surface area (Å²) in [6.45, 7) is 2.25. The van der Waals surface area contributed by atoms with Crippen LogP contribution >= 0.6 is 11.8 Å². The Morgan fingerprint density at radius 1 is 0.821 bits per heavy atom. The molecule has 0 aromatic heterocycles. The van der Waals surface area contributed by atoms with Gasteiger partial charge in [-0.1, -0.05) is 81.8 Å². The molecule has 0 radical (unpaired) electrons. The summed E-state index contributed by atoms with van der Waals surface area (Å²) in [5.41, 5.74) is -0.459. The van der Waals surface area contributed by atoms with Gasteiger partial charge >= 0.3 is 5.51 Å². The minimum absolute atomic E-state index is 0.0653. The molecule has 152 valence electrons. The van der Waals surface area contributed by atoms with Crippen LogP contribution in [0, 0.1) is 0 Å². The highest BCUT2D eigenvalue weighted by Crippen LogP contribution is 2.44. The zero-order valence-corrected chi connectivity index (χ0v) is 17.3. The second kappa shape index (κ2) is 9.39. The molecule has 0 N–H and O–H groups in total. The molecule has 0 aliphatic heterocycles. The maximum atomic E-state index is 12.5. The van der Waals surface area contributed by atoms with Crippen molar-refractivity contribution < 1.29 is 13.2 Å². The van der Waals surface area contributed by atoms with Crippen molar-refractivity contribution in [2.45, 2.75) is 80.5 Å². The van der Waals surface area contributed by atoms with Crippen LogP contribution in [0.15, 0.2) is 53.4 Å². The van der Waals surface area contributed by atoms with Crippen molar-refractivity contribution in [3.05, 3.63) is 54.1 Å². The number of alkyl halides is 3. The maximum absolute atomic E-state index is 12.5. The molecule has 28 heavy (non-hydrogen) atoms. The third-order valence-corrected chi connectivity index (χ3v) is 6.73. The molecule has 1 aliphatic rings. The van der Waals surface area contributed by atoms with E-state index in [1.165, 1.54) is 63.4 Å². The lowest BCUT2D eigenvalue weighted by Crippen LogP contribution is -2.29. The van der Waals surface area contributed by atoms with Gasteiger partial charge in [-0.25, -0.2) is 0 Å². The van der Waals surface area contributed by atoms with Crippen molar-refractivity contribution in [1.82, 2.24) is 0 Å². The molecule has 2 aromatic rings. The van der Waals surface area contributed by atoms with Gasteiger partial charge in [-0.3, -0.25) is 0 Å². The van der Waals surface area contributed by atoms with E-state index in [0.717, 1.165) is 11.1 Å². The molecule has 0 heterocycles. The predicted octanol–water partition coefficient (Wildman–Crippen LogP) is 8.75. The van der Waals surface area contributed by atoms with E-state index in [0.29, 0.717) is 5.41 Å². The molecule has 1 aliphatic carbocycles. The molecular weight excluding hydrogens is 377 g/mol. The first-order valence-corrected chi connectivity index (χ1v) is 11.2. The number of benzene rings is 2. The maximum Gasteiger partial charge on any atom is 0.446 e. The van der Waals surface area contributed by atoms with Gasteiger partial charge in [-0.15, -0.1) is 0 Å². The van der Waals surface area contributed by atoms with Crippen LogP contribution in [-0.4, -0.2) is 5.51 Å². The van der Waals surface area contributed by atoms with Crippen LogP contribution < -0.4 is 0 Å². The lowest BCUT2D eigenvalue weighted by molar-refractivity contribution is -0.0328. The van der Waals surface area contributed by atoms with Crippen molar-refractivity contribution in [2.24, 2.45) is 0 Å². The molecule has 1 saturated carbocycles. The van der Waals surface area contributed by atoms with E-state index in [9.17, 15) is 13.2 Å². The van der Waals surface area contributed by atoms with Gasteiger partial charge < -0.3 is 0 Å². The Kier molecular flexibility index (Phi) is 7.14. The van der Waals surface area contributed by atoms with Crippen LogP contribution in [0.25, 0.3) is 11.1 Å². The Bertz CT molecular complexity index is 726. The molecule has 0 bridgehead atoms. The predicted molar refractivity (Wildman–Crippen MR) is 113 cm³/mol. The van der Waals surface area contributed by atoms with E-state index in [2.05, 4.69) is 31.2 Å². The van der Waals surface area contributed by atoms with Crippen LogP contribution in [-0.2, 0) is 5.41 Å². The number of hydrogen-bond acceptors (Lipinski definition) is 1. The van der Waals surface area contributed by atoms with Gasteiger partial charge in [-0.2, -0.15) is 13.2 Å². The highest BCUT2D eigenvalue weighted by atomic mass is 32.2. The Morgan fingerprint density at radius 2 is 1.39 bits per heavy atom. The van der Waals surface area contributed by atoms with E-state index >= 15 is 0 Å². The zero-order valence-electron chi connectivity index (χ0n) is 16.5. The molecule has 3 rings (SSSR count). The fraction of sp³-hybridized carbons (Fsp3) is 0.500. The number of thioether (sulfide) groups is 1. The number of unbranched alkanes of at least 4 members (excludes halogenated alkanes) is 2. The Balaban J connectivity index is 1.76. The summed E-state index contributed by atoms with van der Waals surface area (Å²) in [7, 11) is 0. The fourth-order valence-corrected chi connectivity index (χ4v) is 5.03. The third-order valence-electron chi connectivity index (χ3n) is 5.99. The number of rotatable bonds is 7. The number of halogens is 3. The lowest BCUT2D eigenvalue weighted by Gasteiger charge is -2.38.